The number of nitrogens with one attached hydrogen (secondary N) is 1. The minimum Gasteiger partial charge on any atom is -0.383 e. The zero-order valence-corrected chi connectivity index (χ0v) is 12.8. The molecule has 0 aliphatic carbocycles. The molecule has 8 heteroatoms. The lowest BCUT2D eigenvalue weighted by Crippen LogP contribution is -2.13. The van der Waals surface area contributed by atoms with Crippen molar-refractivity contribution in [1.82, 2.24) is 9.78 Å². The Hall–Kier alpha value is -1.37. The lowest BCUT2D eigenvalue weighted by atomic mass is 10.1. The van der Waals surface area contributed by atoms with E-state index in [1.54, 1.807) is 18.2 Å². The predicted octanol–water partition coefficient (Wildman–Crippen LogP) is 3.45. The van der Waals surface area contributed by atoms with Gasteiger partial charge in [0.15, 0.2) is 0 Å². The number of thioether (sulfide) groups is 1. The Morgan fingerprint density at radius 2 is 1.95 bits per heavy atom. The molecule has 0 spiro atoms. The Bertz CT molecular complexity index is 704. The molecule has 0 saturated carbocycles. The van der Waals surface area contributed by atoms with Crippen LogP contribution in [0.3, 0.4) is 0 Å². The third-order valence-electron chi connectivity index (χ3n) is 2.60. The summed E-state index contributed by atoms with van der Waals surface area (Å²) >= 11 is 13.2. The molecule has 0 aliphatic heterocycles. The minimum absolute atomic E-state index is 0.00375. The molecule has 0 bridgehead atoms. The first-order valence-corrected chi connectivity index (χ1v) is 7.43. The van der Waals surface area contributed by atoms with Crippen LogP contribution >= 0.6 is 35.0 Å². The first kappa shape index (κ1) is 15.0. The number of aromatic amines is 1. The van der Waals surface area contributed by atoms with Gasteiger partial charge < -0.3 is 5.73 Å². The van der Waals surface area contributed by atoms with Crippen LogP contribution in [0.2, 0.25) is 10.0 Å². The van der Waals surface area contributed by atoms with E-state index in [1.165, 1.54) is 0 Å². The Kier molecular flexibility index (Phi) is 4.47. The first-order chi connectivity index (χ1) is 9.47. The maximum Gasteiger partial charge on any atom is 0.306 e. The van der Waals surface area contributed by atoms with Gasteiger partial charge in [0.25, 0.3) is 5.56 Å². The number of hydrogen-bond donors (Lipinski definition) is 2. The molecule has 0 amide bonds. The highest BCUT2D eigenvalue weighted by molar-refractivity contribution is 8.13. The summed E-state index contributed by atoms with van der Waals surface area (Å²) in [5.41, 5.74) is 5.80. The van der Waals surface area contributed by atoms with Crippen molar-refractivity contribution in [2.75, 3.05) is 11.5 Å². The minimum atomic E-state index is -0.512. The summed E-state index contributed by atoms with van der Waals surface area (Å²) in [4.78, 5) is 23.9. The quantitative estimate of drug-likeness (QED) is 0.882. The fraction of sp³-hybridized carbons (Fsp3) is 0.167. The van der Waals surface area contributed by atoms with Gasteiger partial charge in [-0.05, 0) is 17.9 Å². The largest absolute Gasteiger partial charge is 0.383 e. The van der Waals surface area contributed by atoms with Crippen LogP contribution in [0, 0.1) is 0 Å². The number of carbonyl (C=O) groups excluding carboxylic acids is 1. The van der Waals surface area contributed by atoms with Crippen LogP contribution in [0.25, 0.3) is 11.1 Å². The number of carbonyl (C=O) groups is 1. The molecule has 20 heavy (non-hydrogen) atoms. The predicted molar refractivity (Wildman–Crippen MR) is 83.8 cm³/mol. The van der Waals surface area contributed by atoms with Crippen molar-refractivity contribution in [2.45, 2.75) is 6.92 Å². The van der Waals surface area contributed by atoms with Crippen molar-refractivity contribution < 1.29 is 4.79 Å². The van der Waals surface area contributed by atoms with Crippen molar-refractivity contribution in [3.63, 3.8) is 0 Å². The van der Waals surface area contributed by atoms with E-state index in [0.717, 1.165) is 16.4 Å². The van der Waals surface area contributed by atoms with Crippen LogP contribution in [-0.2, 0) is 0 Å². The van der Waals surface area contributed by atoms with Gasteiger partial charge in [-0.2, -0.15) is 4.68 Å². The van der Waals surface area contributed by atoms with Gasteiger partial charge in [0.05, 0.1) is 15.6 Å². The number of H-pyrrole nitrogens is 1. The van der Waals surface area contributed by atoms with Crippen LogP contribution in [0.4, 0.5) is 10.6 Å². The van der Waals surface area contributed by atoms with Crippen LogP contribution in [0.1, 0.15) is 6.92 Å². The zero-order chi connectivity index (χ0) is 14.9. The molecule has 5 nitrogen and oxygen atoms in total. The molecule has 0 saturated heterocycles. The summed E-state index contributed by atoms with van der Waals surface area (Å²) in [6, 6.07) is 4.86. The summed E-state index contributed by atoms with van der Waals surface area (Å²) < 4.78 is 1.01. The van der Waals surface area contributed by atoms with Gasteiger partial charge in [-0.25, -0.2) is 0 Å². The number of nitrogens with two attached hydrogens (primary N) is 1. The van der Waals surface area contributed by atoms with Crippen molar-refractivity contribution in [3.8, 4) is 11.1 Å². The van der Waals surface area contributed by atoms with Gasteiger partial charge in [-0.15, -0.1) is 0 Å². The summed E-state index contributed by atoms with van der Waals surface area (Å²) in [7, 11) is 0. The van der Waals surface area contributed by atoms with E-state index in [1.807, 2.05) is 6.92 Å². The number of benzene rings is 1. The summed E-state index contributed by atoms with van der Waals surface area (Å²) in [6.45, 7) is 1.83. The number of hydrogen-bond acceptors (Lipinski definition) is 4. The second-order valence-corrected chi connectivity index (χ2v) is 5.86. The standard InChI is InChI=1S/C12H11Cl2N3O2S/c1-2-20-12(19)17-10(15)9(11(18)16-17)8-6(13)4-3-5-7(8)14/h3-5H,2,15H2,1H3,(H,16,18). The molecule has 1 heterocycles. The lowest BCUT2D eigenvalue weighted by molar-refractivity contribution is 0.260. The van der Waals surface area contributed by atoms with Gasteiger partial charge in [0, 0.05) is 5.56 Å². The Balaban J connectivity index is 2.65. The maximum atomic E-state index is 12.0. The average molecular weight is 332 g/mol. The molecule has 2 aromatic rings. The molecular weight excluding hydrogens is 321 g/mol. The monoisotopic (exact) mass is 331 g/mol. The number of halogens is 2. The molecule has 2 rings (SSSR count). The van der Waals surface area contributed by atoms with Crippen LogP contribution in [0.15, 0.2) is 23.0 Å². The first-order valence-electron chi connectivity index (χ1n) is 5.69. The highest BCUT2D eigenvalue weighted by atomic mass is 35.5. The van der Waals surface area contributed by atoms with E-state index >= 15 is 0 Å². The third-order valence-corrected chi connectivity index (χ3v) is 3.95. The van der Waals surface area contributed by atoms with Gasteiger partial charge in [0.1, 0.15) is 5.82 Å². The molecule has 0 atom stereocenters. The Morgan fingerprint density at radius 1 is 1.35 bits per heavy atom. The number of nitrogen functional groups attached to an aromatic ring is 1. The van der Waals surface area contributed by atoms with E-state index < -0.39 is 5.56 Å². The fourth-order valence-electron chi connectivity index (χ4n) is 1.76. The lowest BCUT2D eigenvalue weighted by Gasteiger charge is -2.06. The maximum absolute atomic E-state index is 12.0. The third kappa shape index (κ3) is 2.59. The van der Waals surface area contributed by atoms with Gasteiger partial charge in [-0.1, -0.05) is 48.0 Å². The van der Waals surface area contributed by atoms with Gasteiger partial charge in [-0.3, -0.25) is 14.7 Å². The normalized spacial score (nSPS) is 10.8. The van der Waals surface area contributed by atoms with E-state index in [2.05, 4.69) is 5.10 Å². The number of rotatable bonds is 2. The van der Waals surface area contributed by atoms with Crippen molar-refractivity contribution >= 4 is 46.0 Å². The molecule has 0 fully saturated rings. The average Bonchev–Trinajstić information content (AvgIpc) is 2.67. The van der Waals surface area contributed by atoms with Crippen LogP contribution in [0.5, 0.6) is 0 Å². The summed E-state index contributed by atoms with van der Waals surface area (Å²) in [6.07, 6.45) is 0. The van der Waals surface area contributed by atoms with Crippen molar-refractivity contribution in [3.05, 3.63) is 38.6 Å². The summed E-state index contributed by atoms with van der Waals surface area (Å²) in [5, 5.41) is 2.62. The van der Waals surface area contributed by atoms with Crippen LogP contribution < -0.4 is 11.3 Å². The summed E-state index contributed by atoms with van der Waals surface area (Å²) in [5.74, 6) is 0.566. The molecule has 1 aromatic carbocycles. The van der Waals surface area contributed by atoms with E-state index in [9.17, 15) is 9.59 Å². The molecule has 0 unspecified atom stereocenters. The van der Waals surface area contributed by atoms with E-state index in [4.69, 9.17) is 28.9 Å². The number of nitrogens with zero attached hydrogens (tertiary/aromatic N) is 1. The van der Waals surface area contributed by atoms with E-state index in [-0.39, 0.29) is 16.6 Å². The van der Waals surface area contributed by atoms with Crippen LogP contribution in [-0.4, -0.2) is 20.8 Å². The fourth-order valence-corrected chi connectivity index (χ4v) is 2.86. The molecule has 106 valence electrons. The SMILES string of the molecule is CCSC(=O)n1[nH]c(=O)c(-c2c(Cl)cccc2Cl)c1N. The number of anilines is 1. The smallest absolute Gasteiger partial charge is 0.306 e. The molecule has 1 aromatic heterocycles. The molecule has 3 N–H and O–H groups in total. The highest BCUT2D eigenvalue weighted by Crippen LogP contribution is 2.35. The highest BCUT2D eigenvalue weighted by Gasteiger charge is 2.21. The second-order valence-electron chi connectivity index (χ2n) is 3.83. The molecule has 0 aliphatic rings. The van der Waals surface area contributed by atoms with E-state index in [0.29, 0.717) is 21.4 Å². The molecule has 0 radical (unpaired) electrons. The van der Waals surface area contributed by atoms with Crippen molar-refractivity contribution in [1.29, 1.82) is 0 Å². The van der Waals surface area contributed by atoms with Crippen molar-refractivity contribution in [2.24, 2.45) is 0 Å². The van der Waals surface area contributed by atoms with Gasteiger partial charge in [0.2, 0.25) is 0 Å². The number of aromatic nitrogens is 2. The zero-order valence-electron chi connectivity index (χ0n) is 10.4. The Morgan fingerprint density at radius 3 is 2.50 bits per heavy atom. The Labute approximate surface area is 129 Å². The molecular formula is C12H11Cl2N3O2S. The second kappa shape index (κ2) is 5.95. The topological polar surface area (TPSA) is 80.9 Å². The van der Waals surface area contributed by atoms with Gasteiger partial charge >= 0.3 is 5.24 Å².